The maximum Gasteiger partial charge on any atom is 0.267 e. The Balaban J connectivity index is 1.26. The van der Waals surface area contributed by atoms with Gasteiger partial charge < -0.3 is 25.6 Å². The van der Waals surface area contributed by atoms with Crippen LogP contribution in [0.4, 0.5) is 17.1 Å². The minimum Gasteiger partial charge on any atom is -0.380 e. The average molecular weight is 512 g/mol. The lowest BCUT2D eigenvalue weighted by atomic mass is 10.1. The molecule has 0 bridgehead atoms. The van der Waals surface area contributed by atoms with Crippen LogP contribution in [-0.2, 0) is 11.3 Å². The Kier molecular flexibility index (Phi) is 7.55. The molecule has 1 saturated heterocycles. The minimum absolute atomic E-state index is 0.201. The largest absolute Gasteiger partial charge is 0.380 e. The number of nitrogens with one attached hydrogen (secondary N) is 3. The molecular weight excluding hydrogens is 486 g/mol. The number of para-hydroxylation sites is 1. The molecule has 10 heteroatoms. The summed E-state index contributed by atoms with van der Waals surface area (Å²) in [6.45, 7) is 3.02. The van der Waals surface area contributed by atoms with Crippen molar-refractivity contribution < 1.29 is 9.53 Å². The fourth-order valence-electron chi connectivity index (χ4n) is 4.12. The second kappa shape index (κ2) is 11.5. The first kappa shape index (κ1) is 24.2. The van der Waals surface area contributed by atoms with E-state index in [9.17, 15) is 4.79 Å². The molecule has 2 aromatic carbocycles. The van der Waals surface area contributed by atoms with Crippen molar-refractivity contribution >= 4 is 51.2 Å². The van der Waals surface area contributed by atoms with Gasteiger partial charge in [0.05, 0.1) is 24.4 Å². The van der Waals surface area contributed by atoms with E-state index in [0.717, 1.165) is 22.2 Å². The smallest absolute Gasteiger partial charge is 0.267 e. The number of hydrogen-bond donors (Lipinski definition) is 3. The molecular formula is C27H25N7O2S. The van der Waals surface area contributed by atoms with Crippen molar-refractivity contribution in [1.29, 1.82) is 5.26 Å². The molecule has 0 spiro atoms. The number of carbonyl (C=O) groups excluding carboxylic acids is 1. The number of morpholine rings is 1. The quantitative estimate of drug-likeness (QED) is 0.195. The summed E-state index contributed by atoms with van der Waals surface area (Å²) < 4.78 is 5.39. The lowest BCUT2D eigenvalue weighted by Gasteiger charge is -2.29. The molecule has 1 fully saturated rings. The molecule has 9 nitrogen and oxygen atoms in total. The van der Waals surface area contributed by atoms with Gasteiger partial charge >= 0.3 is 0 Å². The Morgan fingerprint density at radius 3 is 2.73 bits per heavy atom. The third-order valence-electron chi connectivity index (χ3n) is 5.92. The van der Waals surface area contributed by atoms with Crippen molar-refractivity contribution in [3.63, 3.8) is 0 Å². The number of benzene rings is 2. The zero-order valence-corrected chi connectivity index (χ0v) is 20.8. The molecule has 2 aromatic heterocycles. The third kappa shape index (κ3) is 5.86. The number of hydrogen-bond acceptors (Lipinski definition) is 7. The molecule has 0 atom stereocenters. The molecule has 0 aliphatic carbocycles. The number of aromatic nitrogens is 1. The number of anilines is 3. The van der Waals surface area contributed by atoms with Gasteiger partial charge in [0.2, 0.25) is 12.2 Å². The van der Waals surface area contributed by atoms with Crippen LogP contribution in [0.25, 0.3) is 10.9 Å². The lowest BCUT2D eigenvalue weighted by molar-refractivity contribution is 0.0680. The molecule has 1 aliphatic heterocycles. The summed E-state index contributed by atoms with van der Waals surface area (Å²) in [5, 5.41) is 21.7. The van der Waals surface area contributed by atoms with E-state index in [1.165, 1.54) is 11.3 Å². The van der Waals surface area contributed by atoms with Gasteiger partial charge in [-0.25, -0.2) is 0 Å². The van der Waals surface area contributed by atoms with Crippen LogP contribution in [0.2, 0.25) is 0 Å². The predicted octanol–water partition coefficient (Wildman–Crippen LogP) is 4.74. The van der Waals surface area contributed by atoms with Gasteiger partial charge in [-0.3, -0.25) is 9.78 Å². The number of aliphatic imine (C=N–C) groups is 1. The third-order valence-corrected chi connectivity index (χ3v) is 6.84. The van der Waals surface area contributed by atoms with E-state index < -0.39 is 0 Å². The number of amides is 1. The zero-order chi connectivity index (χ0) is 25.5. The van der Waals surface area contributed by atoms with Crippen LogP contribution in [0.3, 0.4) is 0 Å². The van der Waals surface area contributed by atoms with Crippen molar-refractivity contribution in [3.05, 3.63) is 82.7 Å². The Morgan fingerprint density at radius 1 is 1.08 bits per heavy atom. The molecule has 0 unspecified atom stereocenters. The van der Waals surface area contributed by atoms with Crippen LogP contribution in [0, 0.1) is 11.5 Å². The second-order valence-corrected chi connectivity index (χ2v) is 9.22. The molecule has 0 radical (unpaired) electrons. The van der Waals surface area contributed by atoms with Gasteiger partial charge in [-0.15, -0.1) is 16.3 Å². The average Bonchev–Trinajstić information content (AvgIpc) is 3.41. The maximum absolute atomic E-state index is 13.1. The van der Waals surface area contributed by atoms with E-state index in [1.807, 2.05) is 77.1 Å². The van der Waals surface area contributed by atoms with E-state index in [1.54, 1.807) is 6.20 Å². The van der Waals surface area contributed by atoms with Gasteiger partial charge in [-0.05, 0) is 47.3 Å². The summed E-state index contributed by atoms with van der Waals surface area (Å²) in [7, 11) is 0. The molecule has 1 aliphatic rings. The Hall–Kier alpha value is -4.46. The maximum atomic E-state index is 13.1. The van der Waals surface area contributed by atoms with Crippen LogP contribution in [0.5, 0.6) is 0 Å². The Morgan fingerprint density at radius 2 is 1.89 bits per heavy atom. The summed E-state index contributed by atoms with van der Waals surface area (Å²) in [5.41, 5.74) is 4.17. The zero-order valence-electron chi connectivity index (χ0n) is 20.0. The van der Waals surface area contributed by atoms with E-state index in [2.05, 4.69) is 25.9 Å². The number of carbonyl (C=O) groups is 1. The molecule has 3 N–H and O–H groups in total. The number of nitriles is 1. The van der Waals surface area contributed by atoms with Crippen LogP contribution in [-0.4, -0.2) is 48.1 Å². The fraction of sp³-hybridized carbons (Fsp3) is 0.185. The molecule has 0 saturated carbocycles. The SMILES string of the molecule is N#C/N=C(\Nc1cccc(NC(=O)c2sccc2NCc2ccnc3ccccc23)c1)N1CCOCC1. The van der Waals surface area contributed by atoms with Gasteiger partial charge in [0.1, 0.15) is 4.88 Å². The predicted molar refractivity (Wildman–Crippen MR) is 147 cm³/mol. The van der Waals surface area contributed by atoms with Crippen molar-refractivity contribution in [3.8, 4) is 6.19 Å². The summed E-state index contributed by atoms with van der Waals surface area (Å²) in [4.78, 5) is 24.1. The van der Waals surface area contributed by atoms with Crippen molar-refractivity contribution in [2.45, 2.75) is 6.54 Å². The number of ether oxygens (including phenoxy) is 1. The number of pyridine rings is 1. The van der Waals surface area contributed by atoms with Gasteiger partial charge in [-0.1, -0.05) is 24.3 Å². The topological polar surface area (TPSA) is 115 Å². The van der Waals surface area contributed by atoms with Crippen molar-refractivity contribution in [2.24, 2.45) is 4.99 Å². The Bertz CT molecular complexity index is 1470. The highest BCUT2D eigenvalue weighted by Crippen LogP contribution is 2.26. The summed E-state index contributed by atoms with van der Waals surface area (Å²) in [5.74, 6) is 0.260. The van der Waals surface area contributed by atoms with Crippen LogP contribution >= 0.6 is 11.3 Å². The van der Waals surface area contributed by atoms with E-state index in [4.69, 9.17) is 10.00 Å². The number of nitrogens with zero attached hydrogens (tertiary/aromatic N) is 4. The highest BCUT2D eigenvalue weighted by atomic mass is 32.1. The van der Waals surface area contributed by atoms with Gasteiger partial charge in [0.15, 0.2) is 0 Å². The molecule has 4 aromatic rings. The molecule has 1 amide bonds. The highest BCUT2D eigenvalue weighted by Gasteiger charge is 2.17. The van der Waals surface area contributed by atoms with Crippen LogP contribution < -0.4 is 16.0 Å². The number of rotatable bonds is 6. The van der Waals surface area contributed by atoms with E-state index >= 15 is 0 Å². The molecule has 186 valence electrons. The first-order chi connectivity index (χ1) is 18.2. The van der Waals surface area contributed by atoms with Crippen LogP contribution in [0.15, 0.2) is 77.2 Å². The normalized spacial score (nSPS) is 13.7. The van der Waals surface area contributed by atoms with Crippen molar-refractivity contribution in [2.75, 3.05) is 42.3 Å². The second-order valence-electron chi connectivity index (χ2n) is 8.30. The minimum atomic E-state index is -0.201. The van der Waals surface area contributed by atoms with Gasteiger partial charge in [0.25, 0.3) is 5.91 Å². The highest BCUT2D eigenvalue weighted by molar-refractivity contribution is 7.12. The summed E-state index contributed by atoms with van der Waals surface area (Å²) in [6, 6.07) is 19.2. The van der Waals surface area contributed by atoms with Gasteiger partial charge in [0, 0.05) is 42.6 Å². The van der Waals surface area contributed by atoms with Crippen molar-refractivity contribution in [1.82, 2.24) is 9.88 Å². The number of guanidine groups is 1. The molecule has 3 heterocycles. The fourth-order valence-corrected chi connectivity index (χ4v) is 4.88. The number of thiophene rings is 1. The summed E-state index contributed by atoms with van der Waals surface area (Å²) in [6.07, 6.45) is 3.65. The van der Waals surface area contributed by atoms with E-state index in [0.29, 0.717) is 55.1 Å². The molecule has 5 rings (SSSR count). The first-order valence-corrected chi connectivity index (χ1v) is 12.7. The lowest BCUT2D eigenvalue weighted by Crippen LogP contribution is -2.44. The van der Waals surface area contributed by atoms with Crippen LogP contribution in [0.1, 0.15) is 15.2 Å². The first-order valence-electron chi connectivity index (χ1n) is 11.8. The summed E-state index contributed by atoms with van der Waals surface area (Å²) >= 11 is 1.38. The monoisotopic (exact) mass is 511 g/mol. The Labute approximate surface area is 218 Å². The number of fused-ring (bicyclic) bond motifs is 1. The van der Waals surface area contributed by atoms with Gasteiger partial charge in [-0.2, -0.15) is 5.26 Å². The molecule has 37 heavy (non-hydrogen) atoms. The standard InChI is InChI=1S/C27H25N7O2S/c28-18-31-27(34-11-13-36-14-12-34)33-21-5-3-4-20(16-21)32-26(35)25-24(9-15-37-25)30-17-19-8-10-29-23-7-2-1-6-22(19)23/h1-10,15-16,30H,11-14,17H2,(H,31,33)(H,32,35). The van der Waals surface area contributed by atoms with E-state index in [-0.39, 0.29) is 5.91 Å².